The van der Waals surface area contributed by atoms with Gasteiger partial charge < -0.3 is 10.4 Å². The van der Waals surface area contributed by atoms with Crippen LogP contribution in [0.25, 0.3) is 0 Å². The van der Waals surface area contributed by atoms with E-state index in [1.54, 1.807) is 0 Å². The molecule has 0 saturated carbocycles. The lowest BCUT2D eigenvalue weighted by Crippen LogP contribution is -2.20. The first-order valence-corrected chi connectivity index (χ1v) is 8.74. The molecule has 0 aliphatic rings. The zero-order valence-corrected chi connectivity index (χ0v) is 15.9. The summed E-state index contributed by atoms with van der Waals surface area (Å²) >= 11 is 0. The number of unbranched alkanes of at least 4 members (excludes halogenated alkanes) is 2. The van der Waals surface area contributed by atoms with Crippen LogP contribution in [0.1, 0.15) is 108 Å². The topological polar surface area (TPSA) is 101 Å². The first-order valence-electron chi connectivity index (χ1n) is 8.74. The number of aliphatic carboxylic acids is 1. The van der Waals surface area contributed by atoms with Crippen molar-refractivity contribution in [2.75, 3.05) is 7.05 Å². The molecule has 0 unspecified atom stereocenters. The number of carboxylic acids is 1. The van der Waals surface area contributed by atoms with Crippen molar-refractivity contribution in [2.45, 2.75) is 108 Å². The maximum Gasteiger partial charge on any atom is 0.312 e. The summed E-state index contributed by atoms with van der Waals surface area (Å²) in [5.74, 6) is -0.798. The van der Waals surface area contributed by atoms with Gasteiger partial charge in [0.05, 0.1) is 0 Å². The molecule has 0 aromatic carbocycles. The second kappa shape index (κ2) is 32.0. The van der Waals surface area contributed by atoms with Gasteiger partial charge in [0.2, 0.25) is 5.91 Å². The van der Waals surface area contributed by atoms with Crippen molar-refractivity contribution in [1.29, 1.82) is 0 Å². The smallest absolute Gasteiger partial charge is 0.312 e. The average Bonchev–Trinajstić information content (AvgIpc) is 2.55. The Balaban J connectivity index is -0.0000000584. The predicted octanol–water partition coefficient (Wildman–Crippen LogP) is 5.43. The average molecular weight is 394 g/mol. The van der Waals surface area contributed by atoms with Gasteiger partial charge in [0.1, 0.15) is 18.0 Å². The van der Waals surface area contributed by atoms with E-state index < -0.39 is 18.3 Å². The quantitative estimate of drug-likeness (QED) is 0.381. The fraction of sp³-hybridized carbons (Fsp3) is 0.810. The number of ketones is 2. The van der Waals surface area contributed by atoms with Crippen LogP contribution in [0.3, 0.4) is 0 Å². The summed E-state index contributed by atoms with van der Waals surface area (Å²) in [4.78, 5) is 40.9. The maximum absolute atomic E-state index is 10.7. The molecule has 0 aromatic heterocycles. The van der Waals surface area contributed by atoms with E-state index in [0.29, 0.717) is 24.4 Å². The van der Waals surface area contributed by atoms with Crippen LogP contribution < -0.4 is 5.32 Å². The van der Waals surface area contributed by atoms with Crippen molar-refractivity contribution in [3.8, 4) is 0 Å². The van der Waals surface area contributed by atoms with Gasteiger partial charge in [0.15, 0.2) is 0 Å². The third-order valence-corrected chi connectivity index (χ3v) is 2.97. The molecule has 0 saturated heterocycles. The highest BCUT2D eigenvalue weighted by Gasteiger charge is 2.02. The van der Waals surface area contributed by atoms with Crippen LogP contribution in [0.4, 0.5) is 0 Å². The summed E-state index contributed by atoms with van der Waals surface area (Å²) in [6.07, 6.45) is 7.01. The molecule has 0 aliphatic carbocycles. The predicted molar refractivity (Wildman–Crippen MR) is 116 cm³/mol. The number of nitrogens with one attached hydrogen (secondary N) is 1. The molecule has 0 aliphatic heterocycles. The van der Waals surface area contributed by atoms with Gasteiger partial charge in [-0.3, -0.25) is 19.2 Å². The van der Waals surface area contributed by atoms with Crippen molar-refractivity contribution in [2.24, 2.45) is 0 Å². The zero-order chi connectivity index (χ0) is 19.4. The first kappa shape index (κ1) is 40.1. The van der Waals surface area contributed by atoms with Gasteiger partial charge in [0, 0.05) is 32.7 Å². The van der Waals surface area contributed by atoms with E-state index in [1.165, 1.54) is 19.9 Å². The highest BCUT2D eigenvalue weighted by atomic mass is 16.4. The second-order valence-corrected chi connectivity index (χ2v) is 5.24. The molecule has 6 heteroatoms. The Kier molecular flexibility index (Phi) is 47.5. The van der Waals surface area contributed by atoms with Crippen LogP contribution >= 0.6 is 0 Å². The molecule has 0 spiro atoms. The lowest BCUT2D eigenvalue weighted by Gasteiger charge is -1.93. The summed E-state index contributed by atoms with van der Waals surface area (Å²) < 4.78 is 0. The minimum atomic E-state index is -1.11. The van der Waals surface area contributed by atoms with Gasteiger partial charge in [-0.2, -0.15) is 0 Å². The number of carbonyl (C=O) groups is 4. The van der Waals surface area contributed by atoms with E-state index in [-0.39, 0.29) is 22.3 Å². The molecule has 2 N–H and O–H groups in total. The SMILES string of the molecule is C.C.C.CCCC(=O)CC.CCCCCC(=O)CC.CNC(=O)CC(=O)O. The molecule has 0 aromatic rings. The van der Waals surface area contributed by atoms with Gasteiger partial charge in [-0.15, -0.1) is 0 Å². The molecule has 1 amide bonds. The minimum absolute atomic E-state index is 0. The number of amides is 1. The summed E-state index contributed by atoms with van der Waals surface area (Å²) in [5.41, 5.74) is 0. The largest absolute Gasteiger partial charge is 0.481 e. The van der Waals surface area contributed by atoms with Crippen LogP contribution in [-0.4, -0.2) is 35.6 Å². The highest BCUT2D eigenvalue weighted by molar-refractivity contribution is 5.93. The number of carboxylic acid groups (broad SMARTS) is 1. The van der Waals surface area contributed by atoms with Gasteiger partial charge in [0.25, 0.3) is 0 Å². The van der Waals surface area contributed by atoms with Crippen molar-refractivity contribution in [1.82, 2.24) is 5.32 Å². The molecule has 0 fully saturated rings. The Labute approximate surface area is 168 Å². The molecule has 0 rings (SSSR count). The van der Waals surface area contributed by atoms with Crippen molar-refractivity contribution < 1.29 is 24.3 Å². The zero-order valence-electron chi connectivity index (χ0n) is 15.9. The lowest BCUT2D eigenvalue weighted by molar-refractivity contribution is -0.140. The number of hydrogen-bond acceptors (Lipinski definition) is 4. The normalized spacial score (nSPS) is 7.89. The first-order chi connectivity index (χ1) is 11.3. The summed E-state index contributed by atoms with van der Waals surface area (Å²) in [7, 11) is 1.39. The van der Waals surface area contributed by atoms with Gasteiger partial charge in [-0.05, 0) is 12.8 Å². The number of rotatable bonds is 10. The van der Waals surface area contributed by atoms with Crippen LogP contribution in [0.2, 0.25) is 0 Å². The molecule has 0 radical (unpaired) electrons. The Morgan fingerprint density at radius 2 is 1.19 bits per heavy atom. The second-order valence-electron chi connectivity index (χ2n) is 5.24. The van der Waals surface area contributed by atoms with Crippen LogP contribution in [0.15, 0.2) is 0 Å². The van der Waals surface area contributed by atoms with Gasteiger partial charge >= 0.3 is 5.97 Å². The molecule has 166 valence electrons. The minimum Gasteiger partial charge on any atom is -0.481 e. The lowest BCUT2D eigenvalue weighted by atomic mass is 10.1. The Bertz CT molecular complexity index is 354. The van der Waals surface area contributed by atoms with E-state index in [1.807, 2.05) is 20.8 Å². The fourth-order valence-electron chi connectivity index (χ4n) is 1.43. The third-order valence-electron chi connectivity index (χ3n) is 2.97. The molecule has 0 heterocycles. The van der Waals surface area contributed by atoms with Crippen LogP contribution in [0.5, 0.6) is 0 Å². The fourth-order valence-corrected chi connectivity index (χ4v) is 1.43. The number of Topliss-reactive ketones (excluding diaryl/α,β-unsaturated/α-hetero) is 2. The monoisotopic (exact) mass is 393 g/mol. The molecule has 0 bridgehead atoms. The molecular weight excluding hydrogens is 346 g/mol. The van der Waals surface area contributed by atoms with E-state index in [9.17, 15) is 19.2 Å². The standard InChI is InChI=1S/C8H16O.C6H12O.C4H7NO3.3CH4/c1-3-5-6-7-8(9)4-2;1-3-5-6(7)4-2;1-5-3(6)2-4(7)8;;;/h3-7H2,1-2H3;3-5H2,1-2H3;2H2,1H3,(H,5,6)(H,7,8);3*1H4. The maximum atomic E-state index is 10.7. The molecular formula is C21H47NO5. The molecule has 0 atom stereocenters. The highest BCUT2D eigenvalue weighted by Crippen LogP contribution is 2.00. The van der Waals surface area contributed by atoms with Gasteiger partial charge in [-0.25, -0.2) is 0 Å². The van der Waals surface area contributed by atoms with E-state index >= 15 is 0 Å². The summed E-state index contributed by atoms with van der Waals surface area (Å²) in [6.45, 7) is 8.00. The Morgan fingerprint density at radius 3 is 1.41 bits per heavy atom. The molecule has 27 heavy (non-hydrogen) atoms. The summed E-state index contributed by atoms with van der Waals surface area (Å²) in [6, 6.07) is 0. The van der Waals surface area contributed by atoms with Crippen molar-refractivity contribution in [3.63, 3.8) is 0 Å². The third kappa shape index (κ3) is 45.5. The molecule has 6 nitrogen and oxygen atoms in total. The number of carbonyl (C=O) groups excluding carboxylic acids is 3. The summed E-state index contributed by atoms with van der Waals surface area (Å²) in [5, 5.41) is 10.1. The van der Waals surface area contributed by atoms with E-state index in [4.69, 9.17) is 5.11 Å². The van der Waals surface area contributed by atoms with E-state index in [0.717, 1.165) is 25.7 Å². The Morgan fingerprint density at radius 1 is 0.741 bits per heavy atom. The number of hydrogen-bond donors (Lipinski definition) is 2. The van der Waals surface area contributed by atoms with Crippen molar-refractivity contribution >= 4 is 23.4 Å². The Hall–Kier alpha value is -1.72. The van der Waals surface area contributed by atoms with E-state index in [2.05, 4.69) is 12.2 Å². The van der Waals surface area contributed by atoms with Crippen molar-refractivity contribution in [3.05, 3.63) is 0 Å². The van der Waals surface area contributed by atoms with Crippen LogP contribution in [-0.2, 0) is 19.2 Å². The van der Waals surface area contributed by atoms with Crippen LogP contribution in [0, 0.1) is 0 Å². The van der Waals surface area contributed by atoms with Gasteiger partial charge in [-0.1, -0.05) is 62.8 Å².